The Balaban J connectivity index is 1.30. The maximum atomic E-state index is 12.6. The van der Waals surface area contributed by atoms with E-state index in [9.17, 15) is 13.2 Å². The average Bonchev–Trinajstić information content (AvgIpc) is 3.35. The first kappa shape index (κ1) is 17.7. The van der Waals surface area contributed by atoms with Gasteiger partial charge in [0.15, 0.2) is 15.0 Å². The molecular weight excluding hydrogens is 372 g/mol. The van der Waals surface area contributed by atoms with Gasteiger partial charge in [-0.25, -0.2) is 13.4 Å². The maximum Gasteiger partial charge on any atom is 0.228 e. The third kappa shape index (κ3) is 3.84. The average molecular weight is 395 g/mol. The fraction of sp³-hybridized carbons (Fsp3) is 0.529. The number of amides is 1. The molecule has 2 aliphatic heterocycles. The van der Waals surface area contributed by atoms with E-state index in [1.165, 1.54) is 11.3 Å². The van der Waals surface area contributed by atoms with E-state index >= 15 is 0 Å². The van der Waals surface area contributed by atoms with Gasteiger partial charge in [-0.15, -0.1) is 11.3 Å². The lowest BCUT2D eigenvalue weighted by Crippen LogP contribution is -2.52. The second kappa shape index (κ2) is 7.13. The van der Waals surface area contributed by atoms with Gasteiger partial charge in [-0.1, -0.05) is 0 Å². The Morgan fingerprint density at radius 1 is 1.19 bits per heavy atom. The lowest BCUT2D eigenvalue weighted by Gasteiger charge is -2.37. The first-order chi connectivity index (χ1) is 12.5. The predicted molar refractivity (Wildman–Crippen MR) is 100 cm³/mol. The maximum absolute atomic E-state index is 12.6. The molecule has 1 amide bonds. The van der Waals surface area contributed by atoms with Gasteiger partial charge in [0.25, 0.3) is 0 Å². The highest BCUT2D eigenvalue weighted by atomic mass is 32.2. The largest absolute Gasteiger partial charge is 0.340 e. The number of piperazine rings is 1. The number of rotatable bonds is 4. The molecule has 2 aromatic heterocycles. The molecule has 2 fully saturated rings. The van der Waals surface area contributed by atoms with Crippen LogP contribution in [-0.4, -0.2) is 77.4 Å². The fourth-order valence-corrected chi connectivity index (χ4v) is 6.18. The van der Waals surface area contributed by atoms with Crippen LogP contribution in [0.1, 0.15) is 12.1 Å². The molecular formula is C17H22N4O3S2. The molecule has 4 heterocycles. The van der Waals surface area contributed by atoms with Gasteiger partial charge >= 0.3 is 0 Å². The van der Waals surface area contributed by atoms with Crippen molar-refractivity contribution in [3.8, 4) is 5.13 Å². The van der Waals surface area contributed by atoms with E-state index in [1.807, 2.05) is 39.4 Å². The summed E-state index contributed by atoms with van der Waals surface area (Å²) in [6.45, 7) is 2.81. The molecule has 2 aliphatic rings. The van der Waals surface area contributed by atoms with Gasteiger partial charge in [0.05, 0.1) is 23.6 Å². The van der Waals surface area contributed by atoms with Crippen molar-refractivity contribution in [1.29, 1.82) is 0 Å². The molecule has 0 N–H and O–H groups in total. The zero-order valence-electron chi connectivity index (χ0n) is 14.5. The Bertz CT molecular complexity index is 868. The number of hydrogen-bond acceptors (Lipinski definition) is 6. The van der Waals surface area contributed by atoms with Gasteiger partial charge in [-0.2, -0.15) is 0 Å². The van der Waals surface area contributed by atoms with Crippen LogP contribution in [0.3, 0.4) is 0 Å². The third-order valence-corrected chi connectivity index (χ3v) is 7.74. The predicted octanol–water partition coefficient (Wildman–Crippen LogP) is 0.808. The van der Waals surface area contributed by atoms with Gasteiger partial charge in [-0.05, 0) is 18.6 Å². The quantitative estimate of drug-likeness (QED) is 0.767. The Labute approximate surface area is 157 Å². The summed E-state index contributed by atoms with van der Waals surface area (Å²) in [6, 6.07) is 4.02. The van der Waals surface area contributed by atoms with Crippen molar-refractivity contribution in [2.75, 3.05) is 37.7 Å². The minimum Gasteiger partial charge on any atom is -0.340 e. The van der Waals surface area contributed by atoms with Crippen molar-refractivity contribution in [3.05, 3.63) is 35.6 Å². The van der Waals surface area contributed by atoms with Crippen LogP contribution in [0.5, 0.6) is 0 Å². The number of nitrogens with zero attached hydrogens (tertiary/aromatic N) is 4. The number of aromatic nitrogens is 2. The summed E-state index contributed by atoms with van der Waals surface area (Å²) in [4.78, 5) is 21.2. The molecule has 1 atom stereocenters. The summed E-state index contributed by atoms with van der Waals surface area (Å²) < 4.78 is 25.2. The highest BCUT2D eigenvalue weighted by molar-refractivity contribution is 7.91. The highest BCUT2D eigenvalue weighted by Crippen LogP contribution is 2.20. The molecule has 9 heteroatoms. The molecule has 0 saturated carbocycles. The normalized spacial score (nSPS) is 23.4. The second-order valence-electron chi connectivity index (χ2n) is 6.86. The van der Waals surface area contributed by atoms with Gasteiger partial charge in [-0.3, -0.25) is 9.69 Å². The molecule has 7 nitrogen and oxygen atoms in total. The number of sulfone groups is 1. The Morgan fingerprint density at radius 3 is 2.58 bits per heavy atom. The van der Waals surface area contributed by atoms with E-state index in [4.69, 9.17) is 0 Å². The number of carbonyl (C=O) groups excluding carboxylic acids is 1. The SMILES string of the molecule is O=C(Cc1csc(-n2cccc2)n1)N1CCN(C2CCS(=O)(=O)C2)CC1. The van der Waals surface area contributed by atoms with Crippen LogP contribution in [0.2, 0.25) is 0 Å². The first-order valence-corrected chi connectivity index (χ1v) is 11.5. The molecule has 0 aromatic carbocycles. The fourth-order valence-electron chi connectivity index (χ4n) is 3.62. The second-order valence-corrected chi connectivity index (χ2v) is 9.93. The monoisotopic (exact) mass is 394 g/mol. The summed E-state index contributed by atoms with van der Waals surface area (Å²) >= 11 is 1.53. The van der Waals surface area contributed by atoms with Gasteiger partial charge in [0, 0.05) is 50.0 Å². The highest BCUT2D eigenvalue weighted by Gasteiger charge is 2.34. The standard InChI is InChI=1S/C17H22N4O3S2/c22-16(11-14-12-25-17(18-14)21-4-1-2-5-21)20-8-6-19(7-9-20)15-3-10-26(23,24)13-15/h1-2,4-5,12,15H,3,6-11,13H2. The van der Waals surface area contributed by atoms with Crippen molar-refractivity contribution >= 4 is 27.1 Å². The Morgan fingerprint density at radius 2 is 1.92 bits per heavy atom. The van der Waals surface area contributed by atoms with Crippen LogP contribution in [0.15, 0.2) is 29.9 Å². The molecule has 1 unspecified atom stereocenters. The lowest BCUT2D eigenvalue weighted by molar-refractivity contribution is -0.132. The van der Waals surface area contributed by atoms with Crippen molar-refractivity contribution in [2.24, 2.45) is 0 Å². The van der Waals surface area contributed by atoms with Crippen molar-refractivity contribution in [2.45, 2.75) is 18.9 Å². The molecule has 2 aromatic rings. The third-order valence-electron chi connectivity index (χ3n) is 5.09. The number of thiazole rings is 1. The first-order valence-electron chi connectivity index (χ1n) is 8.80. The molecule has 140 valence electrons. The molecule has 0 aliphatic carbocycles. The minimum atomic E-state index is -2.86. The Kier molecular flexibility index (Phi) is 4.85. The van der Waals surface area contributed by atoms with Crippen molar-refractivity contribution in [3.63, 3.8) is 0 Å². The number of carbonyl (C=O) groups is 1. The van der Waals surface area contributed by atoms with E-state index in [2.05, 4.69) is 9.88 Å². The smallest absolute Gasteiger partial charge is 0.228 e. The lowest BCUT2D eigenvalue weighted by atomic mass is 10.2. The molecule has 0 bridgehead atoms. The van der Waals surface area contributed by atoms with E-state index in [0.29, 0.717) is 25.3 Å². The van der Waals surface area contributed by atoms with Crippen molar-refractivity contribution in [1.82, 2.24) is 19.4 Å². The van der Waals surface area contributed by atoms with E-state index < -0.39 is 9.84 Å². The van der Waals surface area contributed by atoms with Crippen LogP contribution in [0, 0.1) is 0 Å². The van der Waals surface area contributed by atoms with Crippen LogP contribution in [0.4, 0.5) is 0 Å². The van der Waals surface area contributed by atoms with Crippen molar-refractivity contribution < 1.29 is 13.2 Å². The van der Waals surface area contributed by atoms with Crippen LogP contribution in [-0.2, 0) is 21.1 Å². The summed E-state index contributed by atoms with van der Waals surface area (Å²) in [5.74, 6) is 0.653. The number of hydrogen-bond donors (Lipinski definition) is 0. The summed E-state index contributed by atoms with van der Waals surface area (Å²) in [5, 5.41) is 2.80. The van der Waals surface area contributed by atoms with Gasteiger partial charge in [0.1, 0.15) is 0 Å². The van der Waals surface area contributed by atoms with E-state index in [1.54, 1.807) is 0 Å². The summed E-state index contributed by atoms with van der Waals surface area (Å²) in [6.07, 6.45) is 4.91. The molecule has 0 spiro atoms. The minimum absolute atomic E-state index is 0.0908. The topological polar surface area (TPSA) is 75.5 Å². The summed E-state index contributed by atoms with van der Waals surface area (Å²) in [7, 11) is -2.86. The zero-order valence-corrected chi connectivity index (χ0v) is 16.1. The molecule has 0 radical (unpaired) electrons. The zero-order chi connectivity index (χ0) is 18.1. The Hall–Kier alpha value is -1.71. The van der Waals surface area contributed by atoms with Crippen LogP contribution in [0.25, 0.3) is 5.13 Å². The summed E-state index contributed by atoms with van der Waals surface area (Å²) in [5.41, 5.74) is 0.799. The molecule has 4 rings (SSSR count). The van der Waals surface area contributed by atoms with E-state index in [0.717, 1.165) is 30.3 Å². The molecule has 26 heavy (non-hydrogen) atoms. The van der Waals surface area contributed by atoms with Gasteiger partial charge in [0.2, 0.25) is 5.91 Å². The van der Waals surface area contributed by atoms with Gasteiger partial charge < -0.3 is 9.47 Å². The molecule has 2 saturated heterocycles. The van der Waals surface area contributed by atoms with Crippen LogP contribution >= 0.6 is 11.3 Å². The van der Waals surface area contributed by atoms with Crippen LogP contribution < -0.4 is 0 Å². The van der Waals surface area contributed by atoms with E-state index in [-0.39, 0.29) is 17.7 Å².